The number of hydrogen-bond acceptors (Lipinski definition) is 4. The van der Waals surface area contributed by atoms with E-state index in [-0.39, 0.29) is 5.54 Å². The van der Waals surface area contributed by atoms with Crippen molar-refractivity contribution in [3.05, 3.63) is 42.0 Å². The first-order valence-electron chi connectivity index (χ1n) is 6.74. The Morgan fingerprint density at radius 2 is 2.10 bits per heavy atom. The molecule has 108 valence electrons. The minimum absolute atomic E-state index is 0.107. The van der Waals surface area contributed by atoms with Gasteiger partial charge in [-0.3, -0.25) is 4.68 Å². The molecule has 0 fully saturated rings. The lowest BCUT2D eigenvalue weighted by molar-refractivity contribution is 0.289. The van der Waals surface area contributed by atoms with Crippen molar-refractivity contribution in [3.8, 4) is 5.75 Å². The summed E-state index contributed by atoms with van der Waals surface area (Å²) in [6.07, 6.45) is 1.53. The predicted octanol–water partition coefficient (Wildman–Crippen LogP) is 2.28. The van der Waals surface area contributed by atoms with Gasteiger partial charge in [0.25, 0.3) is 0 Å². The van der Waals surface area contributed by atoms with Crippen molar-refractivity contribution in [2.24, 2.45) is 7.05 Å². The Morgan fingerprint density at radius 3 is 2.75 bits per heavy atom. The Kier molecular flexibility index (Phi) is 4.39. The fourth-order valence-corrected chi connectivity index (χ4v) is 1.71. The van der Waals surface area contributed by atoms with E-state index in [4.69, 9.17) is 4.74 Å². The van der Waals surface area contributed by atoms with Crippen LogP contribution in [0.3, 0.4) is 0 Å². The van der Waals surface area contributed by atoms with Gasteiger partial charge in [0.1, 0.15) is 18.7 Å². The summed E-state index contributed by atoms with van der Waals surface area (Å²) in [5.74, 6) is 1.66. The molecule has 1 aromatic heterocycles. The highest BCUT2D eigenvalue weighted by molar-refractivity contribution is 5.28. The highest BCUT2D eigenvalue weighted by Crippen LogP contribution is 2.15. The summed E-state index contributed by atoms with van der Waals surface area (Å²) >= 11 is 0. The van der Waals surface area contributed by atoms with Crippen molar-refractivity contribution >= 4 is 0 Å². The maximum absolute atomic E-state index is 5.75. The lowest BCUT2D eigenvalue weighted by Gasteiger charge is -2.20. The molecule has 1 aromatic carbocycles. The molecule has 0 amide bonds. The van der Waals surface area contributed by atoms with E-state index in [2.05, 4.69) is 48.3 Å². The molecule has 1 heterocycles. The van der Waals surface area contributed by atoms with Crippen molar-refractivity contribution < 1.29 is 4.74 Å². The Hall–Kier alpha value is -1.88. The molecule has 20 heavy (non-hydrogen) atoms. The monoisotopic (exact) mass is 274 g/mol. The first-order valence-corrected chi connectivity index (χ1v) is 6.74. The molecular weight excluding hydrogens is 252 g/mol. The molecule has 0 saturated heterocycles. The van der Waals surface area contributed by atoms with Crippen molar-refractivity contribution in [1.29, 1.82) is 0 Å². The van der Waals surface area contributed by atoms with Crippen LogP contribution in [-0.2, 0) is 20.2 Å². The van der Waals surface area contributed by atoms with Crippen LogP contribution in [0.5, 0.6) is 5.75 Å². The van der Waals surface area contributed by atoms with Gasteiger partial charge in [-0.1, -0.05) is 12.1 Å². The first kappa shape index (κ1) is 14.5. The summed E-state index contributed by atoms with van der Waals surface area (Å²) in [6.45, 7) is 7.71. The molecule has 0 bridgehead atoms. The highest BCUT2D eigenvalue weighted by Gasteiger charge is 2.08. The maximum Gasteiger partial charge on any atom is 0.164 e. The second kappa shape index (κ2) is 6.05. The average molecular weight is 274 g/mol. The minimum atomic E-state index is 0.107. The fourth-order valence-electron chi connectivity index (χ4n) is 1.71. The molecule has 5 nitrogen and oxygen atoms in total. The summed E-state index contributed by atoms with van der Waals surface area (Å²) in [5.41, 5.74) is 1.31. The lowest BCUT2D eigenvalue weighted by atomic mass is 10.1. The molecule has 5 heteroatoms. The van der Waals surface area contributed by atoms with E-state index in [1.807, 2.05) is 19.2 Å². The van der Waals surface area contributed by atoms with Crippen molar-refractivity contribution in [2.45, 2.75) is 39.5 Å². The number of benzene rings is 1. The number of nitrogens with one attached hydrogen (secondary N) is 1. The third kappa shape index (κ3) is 4.35. The van der Waals surface area contributed by atoms with E-state index in [0.717, 1.165) is 18.1 Å². The third-order valence-electron chi connectivity index (χ3n) is 2.89. The number of ether oxygens (including phenoxy) is 1. The van der Waals surface area contributed by atoms with E-state index in [9.17, 15) is 0 Å². The second-order valence-electron chi connectivity index (χ2n) is 5.84. The van der Waals surface area contributed by atoms with Crippen LogP contribution in [0.1, 0.15) is 32.2 Å². The Labute approximate surface area is 120 Å². The number of nitrogens with zero attached hydrogens (tertiary/aromatic N) is 3. The standard InChI is InChI=1S/C15H22N4O/c1-15(2,3)17-9-12-6-5-7-13(8-12)20-10-14-16-11-18-19(14)4/h5-8,11,17H,9-10H2,1-4H3. The second-order valence-corrected chi connectivity index (χ2v) is 5.84. The Balaban J connectivity index is 1.94. The smallest absolute Gasteiger partial charge is 0.164 e. The van der Waals surface area contributed by atoms with Gasteiger partial charge in [0.05, 0.1) is 0 Å². The molecule has 0 aliphatic carbocycles. The number of hydrogen-bond donors (Lipinski definition) is 1. The van der Waals surface area contributed by atoms with E-state index < -0.39 is 0 Å². The number of rotatable bonds is 5. The topological polar surface area (TPSA) is 52.0 Å². The molecule has 2 rings (SSSR count). The summed E-state index contributed by atoms with van der Waals surface area (Å²) in [4.78, 5) is 4.14. The van der Waals surface area contributed by atoms with E-state index in [0.29, 0.717) is 6.61 Å². The van der Waals surface area contributed by atoms with Gasteiger partial charge in [-0.15, -0.1) is 0 Å². The third-order valence-corrected chi connectivity index (χ3v) is 2.89. The molecule has 0 atom stereocenters. The van der Waals surface area contributed by atoms with E-state index >= 15 is 0 Å². The zero-order chi connectivity index (χ0) is 14.6. The lowest BCUT2D eigenvalue weighted by Crippen LogP contribution is -2.35. The molecule has 0 aliphatic rings. The largest absolute Gasteiger partial charge is 0.486 e. The van der Waals surface area contributed by atoms with E-state index in [1.54, 1.807) is 4.68 Å². The van der Waals surface area contributed by atoms with Gasteiger partial charge in [-0.05, 0) is 38.5 Å². The molecule has 0 saturated carbocycles. The van der Waals surface area contributed by atoms with Crippen LogP contribution in [-0.4, -0.2) is 20.3 Å². The maximum atomic E-state index is 5.75. The Morgan fingerprint density at radius 1 is 1.30 bits per heavy atom. The summed E-state index contributed by atoms with van der Waals surface area (Å²) < 4.78 is 7.47. The van der Waals surface area contributed by atoms with Crippen LogP contribution in [0.25, 0.3) is 0 Å². The molecule has 1 N–H and O–H groups in total. The van der Waals surface area contributed by atoms with Crippen molar-refractivity contribution in [3.63, 3.8) is 0 Å². The molecule has 0 spiro atoms. The minimum Gasteiger partial charge on any atom is -0.486 e. The summed E-state index contributed by atoms with van der Waals surface area (Å²) in [6, 6.07) is 8.10. The number of aryl methyl sites for hydroxylation is 1. The fraction of sp³-hybridized carbons (Fsp3) is 0.467. The Bertz CT molecular complexity index is 557. The van der Waals surface area contributed by atoms with Crippen molar-refractivity contribution in [2.75, 3.05) is 0 Å². The normalized spacial score (nSPS) is 11.6. The zero-order valence-electron chi connectivity index (χ0n) is 12.6. The molecule has 0 unspecified atom stereocenters. The molecule has 0 radical (unpaired) electrons. The SMILES string of the molecule is Cn1ncnc1COc1cccc(CNC(C)(C)C)c1. The molecule has 0 aliphatic heterocycles. The zero-order valence-corrected chi connectivity index (χ0v) is 12.6. The average Bonchev–Trinajstić information content (AvgIpc) is 2.79. The van der Waals surface area contributed by atoms with Crippen LogP contribution in [0.15, 0.2) is 30.6 Å². The quantitative estimate of drug-likeness (QED) is 0.909. The van der Waals surface area contributed by atoms with Gasteiger partial charge in [-0.2, -0.15) is 5.10 Å². The first-order chi connectivity index (χ1) is 9.44. The van der Waals surface area contributed by atoms with Gasteiger partial charge in [0.2, 0.25) is 0 Å². The molecule has 2 aromatic rings. The van der Waals surface area contributed by atoms with Gasteiger partial charge in [-0.25, -0.2) is 4.98 Å². The van der Waals surface area contributed by atoms with Crippen LogP contribution in [0.4, 0.5) is 0 Å². The van der Waals surface area contributed by atoms with Crippen LogP contribution in [0.2, 0.25) is 0 Å². The molecular formula is C15H22N4O. The number of aromatic nitrogens is 3. The van der Waals surface area contributed by atoms with Crippen LogP contribution in [0, 0.1) is 0 Å². The predicted molar refractivity (Wildman–Crippen MR) is 78.4 cm³/mol. The van der Waals surface area contributed by atoms with Gasteiger partial charge < -0.3 is 10.1 Å². The van der Waals surface area contributed by atoms with Crippen LogP contribution >= 0.6 is 0 Å². The highest BCUT2D eigenvalue weighted by atomic mass is 16.5. The van der Waals surface area contributed by atoms with Gasteiger partial charge >= 0.3 is 0 Å². The van der Waals surface area contributed by atoms with E-state index in [1.165, 1.54) is 11.9 Å². The van der Waals surface area contributed by atoms with Crippen LogP contribution < -0.4 is 10.1 Å². The van der Waals surface area contributed by atoms with Gasteiger partial charge in [0.15, 0.2) is 5.82 Å². The van der Waals surface area contributed by atoms with Gasteiger partial charge in [0, 0.05) is 19.1 Å². The van der Waals surface area contributed by atoms with Crippen molar-refractivity contribution in [1.82, 2.24) is 20.1 Å². The summed E-state index contributed by atoms with van der Waals surface area (Å²) in [5, 5.41) is 7.48. The summed E-state index contributed by atoms with van der Waals surface area (Å²) in [7, 11) is 1.86.